The Kier molecular flexibility index (Phi) is 7.90. The summed E-state index contributed by atoms with van der Waals surface area (Å²) in [7, 11) is 1.55. The van der Waals surface area contributed by atoms with E-state index in [0.29, 0.717) is 30.2 Å². The topological polar surface area (TPSA) is 133 Å². The van der Waals surface area contributed by atoms with E-state index < -0.39 is 23.4 Å². The largest absolute Gasteiger partial charge is 0.497 e. The molecule has 5 rings (SSSR count). The number of methoxy groups -OCH3 is 1. The first-order chi connectivity index (χ1) is 19.7. The third-order valence-electron chi connectivity index (χ3n) is 8.47. The summed E-state index contributed by atoms with van der Waals surface area (Å²) >= 11 is 0. The van der Waals surface area contributed by atoms with Gasteiger partial charge in [-0.2, -0.15) is 0 Å². The van der Waals surface area contributed by atoms with Crippen LogP contribution < -0.4 is 20.7 Å². The number of fused-ring (bicyclic) bond motifs is 2. The summed E-state index contributed by atoms with van der Waals surface area (Å²) in [6, 6.07) is 6.49. The van der Waals surface area contributed by atoms with Crippen LogP contribution in [0.1, 0.15) is 66.1 Å². The second-order valence-electron chi connectivity index (χ2n) is 10.7. The van der Waals surface area contributed by atoms with Gasteiger partial charge < -0.3 is 29.6 Å². The second-order valence-corrected chi connectivity index (χ2v) is 10.7. The van der Waals surface area contributed by atoms with Crippen molar-refractivity contribution in [3.8, 4) is 5.75 Å². The molecule has 0 spiro atoms. The van der Waals surface area contributed by atoms with Crippen LogP contribution in [-0.4, -0.2) is 73.4 Å². The van der Waals surface area contributed by atoms with Gasteiger partial charge in [-0.1, -0.05) is 39.0 Å². The molecule has 1 aromatic heterocycles. The van der Waals surface area contributed by atoms with Crippen LogP contribution in [-0.2, 0) is 21.7 Å². The average Bonchev–Trinajstić information content (AvgIpc) is 3.63. The summed E-state index contributed by atoms with van der Waals surface area (Å²) in [5.74, 6) is -0.0530. The van der Waals surface area contributed by atoms with E-state index in [1.165, 1.54) is 0 Å². The van der Waals surface area contributed by atoms with Gasteiger partial charge in [-0.3, -0.25) is 19.7 Å². The average molecular weight is 564 g/mol. The highest BCUT2D eigenvalue weighted by Gasteiger charge is 2.51. The van der Waals surface area contributed by atoms with E-state index in [2.05, 4.69) is 34.7 Å². The number of hydrogen-bond acceptors (Lipinski definition) is 7. The van der Waals surface area contributed by atoms with Gasteiger partial charge in [0.1, 0.15) is 17.3 Å². The standard InChI is InChI=1S/C30H37N5O6/c1-5-34(6-2)14-12-31-26(36)22-10-8-19-15-24(41-25(19)18(22)3)30(28(38)32-29(39)33-30)11-13-35-17-20-7-9-21(40-4)16-23(20)27(35)37/h7-10,15-16,18,22H,5-6,11-14,17H2,1-4H3,(H,31,36)(H2,32,33,38,39). The maximum Gasteiger partial charge on any atom is 0.322 e. The number of nitrogens with zero attached hydrogens (tertiary/aromatic N) is 2. The maximum absolute atomic E-state index is 13.2. The van der Waals surface area contributed by atoms with Crippen molar-refractivity contribution in [3.63, 3.8) is 0 Å². The van der Waals surface area contributed by atoms with Crippen LogP contribution in [0.25, 0.3) is 6.08 Å². The van der Waals surface area contributed by atoms with Crippen molar-refractivity contribution in [1.29, 1.82) is 0 Å². The highest BCUT2D eigenvalue weighted by atomic mass is 16.5. The van der Waals surface area contributed by atoms with E-state index in [1.807, 2.05) is 31.2 Å². The minimum absolute atomic E-state index is 0.0881. The molecule has 0 bridgehead atoms. The van der Waals surface area contributed by atoms with Crippen LogP contribution in [0, 0.1) is 5.92 Å². The molecule has 11 nitrogen and oxygen atoms in total. The van der Waals surface area contributed by atoms with E-state index in [4.69, 9.17) is 9.15 Å². The number of rotatable bonds is 11. The van der Waals surface area contributed by atoms with Crippen LogP contribution in [0.3, 0.4) is 0 Å². The van der Waals surface area contributed by atoms with Gasteiger partial charge in [0, 0.05) is 49.6 Å². The van der Waals surface area contributed by atoms with Crippen molar-refractivity contribution in [1.82, 2.24) is 25.8 Å². The first-order valence-corrected chi connectivity index (χ1v) is 14.1. The maximum atomic E-state index is 13.2. The Bertz CT molecular complexity index is 1400. The molecule has 1 aromatic carbocycles. The number of ether oxygens (including phenoxy) is 1. The molecule has 5 amide bonds. The van der Waals surface area contributed by atoms with Gasteiger partial charge >= 0.3 is 6.03 Å². The monoisotopic (exact) mass is 563 g/mol. The number of imide groups is 1. The minimum atomic E-state index is -1.49. The van der Waals surface area contributed by atoms with E-state index >= 15 is 0 Å². The van der Waals surface area contributed by atoms with Gasteiger partial charge in [-0.25, -0.2) is 4.79 Å². The Morgan fingerprint density at radius 1 is 1.22 bits per heavy atom. The van der Waals surface area contributed by atoms with Crippen LogP contribution in [0.15, 0.2) is 34.8 Å². The third-order valence-corrected chi connectivity index (χ3v) is 8.47. The molecule has 1 fully saturated rings. The molecule has 3 N–H and O–H groups in total. The van der Waals surface area contributed by atoms with E-state index in [1.54, 1.807) is 24.1 Å². The van der Waals surface area contributed by atoms with E-state index in [0.717, 1.165) is 30.8 Å². The molecular weight excluding hydrogens is 526 g/mol. The third kappa shape index (κ3) is 5.21. The van der Waals surface area contributed by atoms with E-state index in [-0.39, 0.29) is 36.5 Å². The fraction of sp³-hybridized carbons (Fsp3) is 0.467. The molecule has 3 unspecified atom stereocenters. The molecule has 0 radical (unpaired) electrons. The Morgan fingerprint density at radius 3 is 2.68 bits per heavy atom. The predicted octanol–water partition coefficient (Wildman–Crippen LogP) is 2.57. The lowest BCUT2D eigenvalue weighted by molar-refractivity contribution is -0.126. The number of nitrogens with one attached hydrogen (secondary N) is 3. The lowest BCUT2D eigenvalue weighted by Gasteiger charge is -2.27. The van der Waals surface area contributed by atoms with Crippen LogP contribution in [0.4, 0.5) is 4.79 Å². The zero-order valence-corrected chi connectivity index (χ0v) is 23.9. The Balaban J connectivity index is 1.32. The van der Waals surface area contributed by atoms with Crippen molar-refractivity contribution in [3.05, 3.63) is 58.6 Å². The Morgan fingerprint density at radius 2 is 2.00 bits per heavy atom. The number of hydrogen-bond donors (Lipinski definition) is 3. The van der Waals surface area contributed by atoms with Crippen molar-refractivity contribution < 1.29 is 28.3 Å². The first kappa shape index (κ1) is 28.4. The van der Waals surface area contributed by atoms with Gasteiger partial charge in [0.2, 0.25) is 5.91 Å². The van der Waals surface area contributed by atoms with Gasteiger partial charge in [0.05, 0.1) is 13.0 Å². The number of carbonyl (C=O) groups is 4. The summed E-state index contributed by atoms with van der Waals surface area (Å²) in [6.45, 7) is 9.86. The minimum Gasteiger partial charge on any atom is -0.497 e. The number of amides is 5. The molecular formula is C30H37N5O6. The molecule has 1 saturated heterocycles. The molecule has 3 atom stereocenters. The summed E-state index contributed by atoms with van der Waals surface area (Å²) in [5.41, 5.74) is 0.700. The van der Waals surface area contributed by atoms with E-state index in [9.17, 15) is 19.2 Å². The molecule has 3 aliphatic rings. The smallest absolute Gasteiger partial charge is 0.322 e. The molecule has 41 heavy (non-hydrogen) atoms. The van der Waals surface area contributed by atoms with Crippen molar-refractivity contribution in [2.75, 3.05) is 39.8 Å². The highest BCUT2D eigenvalue weighted by Crippen LogP contribution is 2.41. The van der Waals surface area contributed by atoms with Gasteiger partial charge in [-0.05, 0) is 36.9 Å². The first-order valence-electron chi connectivity index (χ1n) is 14.1. The lowest BCUT2D eigenvalue weighted by atomic mass is 9.84. The lowest BCUT2D eigenvalue weighted by Crippen LogP contribution is -2.46. The van der Waals surface area contributed by atoms with Gasteiger partial charge in [0.25, 0.3) is 11.8 Å². The zero-order valence-electron chi connectivity index (χ0n) is 23.9. The molecule has 11 heteroatoms. The number of urea groups is 1. The number of benzene rings is 1. The number of likely N-dealkylation sites (N-methyl/N-ethyl adjacent to an activating group) is 1. The predicted molar refractivity (Wildman–Crippen MR) is 151 cm³/mol. The van der Waals surface area contributed by atoms with Crippen molar-refractivity contribution in [2.24, 2.45) is 5.92 Å². The summed E-state index contributed by atoms with van der Waals surface area (Å²) in [4.78, 5) is 55.6. The van der Waals surface area contributed by atoms with Crippen molar-refractivity contribution in [2.45, 2.75) is 45.2 Å². The second kappa shape index (κ2) is 11.4. The quantitative estimate of drug-likeness (QED) is 0.358. The summed E-state index contributed by atoms with van der Waals surface area (Å²) in [5, 5.41) is 8.12. The fourth-order valence-corrected chi connectivity index (χ4v) is 5.88. The number of carbonyl (C=O) groups excluding carboxylic acids is 4. The van der Waals surface area contributed by atoms with Crippen LogP contribution in [0.2, 0.25) is 0 Å². The highest BCUT2D eigenvalue weighted by molar-refractivity contribution is 6.07. The summed E-state index contributed by atoms with van der Waals surface area (Å²) < 4.78 is 11.5. The Hall–Kier alpha value is -4.12. The molecule has 3 heterocycles. The van der Waals surface area contributed by atoms with Crippen LogP contribution >= 0.6 is 0 Å². The van der Waals surface area contributed by atoms with Gasteiger partial charge in [-0.15, -0.1) is 0 Å². The normalized spacial score (nSPS) is 23.0. The number of furan rings is 1. The summed E-state index contributed by atoms with van der Waals surface area (Å²) in [6.07, 6.45) is 3.79. The molecule has 218 valence electrons. The fourth-order valence-electron chi connectivity index (χ4n) is 5.88. The molecule has 1 aliphatic carbocycles. The zero-order chi connectivity index (χ0) is 29.3. The van der Waals surface area contributed by atoms with Crippen LogP contribution in [0.5, 0.6) is 5.75 Å². The SMILES string of the molecule is CCN(CC)CCNC(=O)C1C=Cc2cc(C3(CCN4Cc5ccc(OC)cc5C4=O)NC(=O)NC3=O)oc2C1C. The molecule has 0 saturated carbocycles. The van der Waals surface area contributed by atoms with Gasteiger partial charge in [0.15, 0.2) is 5.54 Å². The van der Waals surface area contributed by atoms with Crippen molar-refractivity contribution >= 4 is 29.8 Å². The molecule has 2 aromatic rings. The Labute approximate surface area is 239 Å². The molecule has 2 aliphatic heterocycles.